The third-order valence-corrected chi connectivity index (χ3v) is 4.70. The van der Waals surface area contributed by atoms with E-state index in [1.165, 1.54) is 12.0 Å². The number of nitrogens with two attached hydrogens (primary N) is 1. The second-order valence-corrected chi connectivity index (χ2v) is 6.28. The average molecular weight is 332 g/mol. The zero-order chi connectivity index (χ0) is 13.6. The number of esters is 1. The first-order valence-corrected chi connectivity index (χ1v) is 7.50. The van der Waals surface area contributed by atoms with E-state index in [9.17, 15) is 4.79 Å². The Morgan fingerprint density at radius 1 is 1.50 bits per heavy atom. The minimum absolute atomic E-state index is 0.353. The van der Waals surface area contributed by atoms with Gasteiger partial charge >= 0.3 is 5.97 Å². The Bertz CT molecular complexity index is 410. The highest BCUT2D eigenvalue weighted by Crippen LogP contribution is 2.28. The fourth-order valence-corrected chi connectivity index (χ4v) is 3.04. The second-order valence-electron chi connectivity index (χ2n) is 4.29. The summed E-state index contributed by atoms with van der Waals surface area (Å²) < 4.78 is 5.77. The summed E-state index contributed by atoms with van der Waals surface area (Å²) in [6, 6.07) is 8.08. The van der Waals surface area contributed by atoms with E-state index >= 15 is 0 Å². The lowest BCUT2D eigenvalue weighted by Crippen LogP contribution is -2.45. The van der Waals surface area contributed by atoms with Crippen LogP contribution >= 0.6 is 27.7 Å². The Morgan fingerprint density at radius 3 is 2.78 bits per heavy atom. The molecule has 1 aromatic rings. The molecule has 0 saturated carbocycles. The predicted octanol–water partition coefficient (Wildman–Crippen LogP) is 3.21. The molecule has 0 aliphatic carbocycles. The summed E-state index contributed by atoms with van der Waals surface area (Å²) in [5.74, 6) is 0.570. The summed E-state index contributed by atoms with van der Waals surface area (Å²) in [4.78, 5) is 12.6. The molecule has 0 aliphatic heterocycles. The number of halogens is 1. The first-order chi connectivity index (χ1) is 8.47. The molecule has 3 nitrogen and oxygen atoms in total. The molecule has 0 fully saturated rings. The minimum atomic E-state index is -0.886. The number of methoxy groups -OCH3 is 1. The summed E-state index contributed by atoms with van der Waals surface area (Å²) in [7, 11) is 1.36. The molecule has 0 radical (unpaired) electrons. The van der Waals surface area contributed by atoms with E-state index in [2.05, 4.69) is 26.7 Å². The lowest BCUT2D eigenvalue weighted by Gasteiger charge is -2.20. The van der Waals surface area contributed by atoms with E-state index in [-0.39, 0.29) is 5.97 Å². The van der Waals surface area contributed by atoms with Gasteiger partial charge in [-0.25, -0.2) is 0 Å². The van der Waals surface area contributed by atoms with Gasteiger partial charge in [0, 0.05) is 9.37 Å². The first kappa shape index (κ1) is 15.5. The van der Waals surface area contributed by atoms with Gasteiger partial charge in [-0.3, -0.25) is 4.79 Å². The number of benzene rings is 1. The molecule has 100 valence electrons. The normalized spacial score (nSPS) is 14.0. The molecule has 1 rings (SSSR count). The van der Waals surface area contributed by atoms with Crippen LogP contribution in [0.3, 0.4) is 0 Å². The van der Waals surface area contributed by atoms with Crippen molar-refractivity contribution in [1.29, 1.82) is 0 Å². The van der Waals surface area contributed by atoms with Gasteiger partial charge in [0.15, 0.2) is 0 Å². The van der Waals surface area contributed by atoms with Crippen molar-refractivity contribution in [2.75, 3.05) is 12.9 Å². The van der Waals surface area contributed by atoms with Crippen LogP contribution in [-0.2, 0) is 9.53 Å². The summed E-state index contributed by atoms with van der Waals surface area (Å²) in [5.41, 5.74) is 5.00. The lowest BCUT2D eigenvalue weighted by molar-refractivity contribution is -0.146. The number of carbonyl (C=O) groups is 1. The molecule has 0 amide bonds. The van der Waals surface area contributed by atoms with Crippen LogP contribution in [0, 0.1) is 0 Å². The van der Waals surface area contributed by atoms with Gasteiger partial charge in [0.05, 0.1) is 7.11 Å². The molecule has 0 aliphatic rings. The third-order valence-electron chi connectivity index (χ3n) is 2.59. The van der Waals surface area contributed by atoms with Crippen molar-refractivity contribution in [3.8, 4) is 0 Å². The van der Waals surface area contributed by atoms with Crippen LogP contribution in [0.25, 0.3) is 0 Å². The van der Waals surface area contributed by atoms with Gasteiger partial charge in [-0.15, -0.1) is 11.8 Å². The highest BCUT2D eigenvalue weighted by Gasteiger charge is 2.28. The van der Waals surface area contributed by atoms with Crippen LogP contribution in [0.15, 0.2) is 33.6 Å². The van der Waals surface area contributed by atoms with E-state index in [4.69, 9.17) is 5.73 Å². The highest BCUT2D eigenvalue weighted by atomic mass is 79.9. The van der Waals surface area contributed by atoms with Crippen molar-refractivity contribution in [3.63, 3.8) is 0 Å². The maximum Gasteiger partial charge on any atom is 0.325 e. The zero-order valence-corrected chi connectivity index (χ0v) is 13.0. The first-order valence-electron chi connectivity index (χ1n) is 5.72. The Morgan fingerprint density at radius 2 is 2.17 bits per heavy atom. The Labute approximate surface area is 121 Å². The fourth-order valence-electron chi connectivity index (χ4n) is 1.52. The van der Waals surface area contributed by atoms with E-state index in [1.807, 2.05) is 18.2 Å². The number of hydrogen-bond acceptors (Lipinski definition) is 4. The van der Waals surface area contributed by atoms with Crippen LogP contribution in [0.1, 0.15) is 19.8 Å². The van der Waals surface area contributed by atoms with Gasteiger partial charge in [-0.05, 0) is 53.6 Å². The van der Waals surface area contributed by atoms with E-state index in [0.29, 0.717) is 6.42 Å². The minimum Gasteiger partial charge on any atom is -0.468 e. The Hall–Kier alpha value is -0.520. The number of hydrogen-bond donors (Lipinski definition) is 1. The van der Waals surface area contributed by atoms with E-state index in [0.717, 1.165) is 16.6 Å². The predicted molar refractivity (Wildman–Crippen MR) is 78.7 cm³/mol. The van der Waals surface area contributed by atoms with Crippen LogP contribution < -0.4 is 5.73 Å². The largest absolute Gasteiger partial charge is 0.468 e. The van der Waals surface area contributed by atoms with Crippen molar-refractivity contribution >= 4 is 33.7 Å². The molecule has 0 bridgehead atoms. The molecule has 18 heavy (non-hydrogen) atoms. The average Bonchev–Trinajstić information content (AvgIpc) is 2.35. The zero-order valence-electron chi connectivity index (χ0n) is 10.6. The topological polar surface area (TPSA) is 52.3 Å². The Balaban J connectivity index is 2.35. The van der Waals surface area contributed by atoms with Crippen molar-refractivity contribution < 1.29 is 9.53 Å². The molecular formula is C13H18BrNO2S. The van der Waals surface area contributed by atoms with Gasteiger partial charge < -0.3 is 10.5 Å². The summed E-state index contributed by atoms with van der Waals surface area (Å²) in [5, 5.41) is 0. The molecule has 5 heteroatoms. The fraction of sp³-hybridized carbons (Fsp3) is 0.462. The molecule has 1 aromatic carbocycles. The smallest absolute Gasteiger partial charge is 0.325 e. The van der Waals surface area contributed by atoms with Crippen molar-refractivity contribution in [2.24, 2.45) is 5.73 Å². The van der Waals surface area contributed by atoms with Gasteiger partial charge in [0.2, 0.25) is 0 Å². The third kappa shape index (κ3) is 4.63. The monoisotopic (exact) mass is 331 g/mol. The molecule has 0 saturated heterocycles. The van der Waals surface area contributed by atoms with Crippen LogP contribution in [-0.4, -0.2) is 24.4 Å². The lowest BCUT2D eigenvalue weighted by atomic mass is 9.98. The Kier molecular flexibility index (Phi) is 6.18. The highest BCUT2D eigenvalue weighted by molar-refractivity contribution is 9.10. The van der Waals surface area contributed by atoms with Gasteiger partial charge in [-0.1, -0.05) is 12.1 Å². The summed E-state index contributed by atoms with van der Waals surface area (Å²) in [6.45, 7) is 1.71. The van der Waals surface area contributed by atoms with Crippen LogP contribution in [0.5, 0.6) is 0 Å². The van der Waals surface area contributed by atoms with Gasteiger partial charge in [-0.2, -0.15) is 0 Å². The van der Waals surface area contributed by atoms with Gasteiger partial charge in [0.25, 0.3) is 0 Å². The molecule has 0 spiro atoms. The number of ether oxygens (including phenoxy) is 1. The van der Waals surface area contributed by atoms with Crippen molar-refractivity contribution in [2.45, 2.75) is 30.2 Å². The molecular weight excluding hydrogens is 314 g/mol. The second kappa shape index (κ2) is 7.16. The standard InChI is InChI=1S/C13H18BrNO2S/c1-13(15,12(16)17-2)8-5-9-18-11-7-4-3-6-10(11)14/h3-4,6-7H,5,8-9,15H2,1-2H3. The molecule has 2 N–H and O–H groups in total. The maximum absolute atomic E-state index is 11.4. The maximum atomic E-state index is 11.4. The number of thioether (sulfide) groups is 1. The molecule has 1 unspecified atom stereocenters. The quantitative estimate of drug-likeness (QED) is 0.494. The van der Waals surface area contributed by atoms with E-state index < -0.39 is 5.54 Å². The number of rotatable bonds is 6. The summed E-state index contributed by atoms with van der Waals surface area (Å²) >= 11 is 5.26. The van der Waals surface area contributed by atoms with Crippen LogP contribution in [0.2, 0.25) is 0 Å². The summed E-state index contributed by atoms with van der Waals surface area (Å²) in [6.07, 6.45) is 1.49. The van der Waals surface area contributed by atoms with Crippen molar-refractivity contribution in [1.82, 2.24) is 0 Å². The van der Waals surface area contributed by atoms with Gasteiger partial charge in [0.1, 0.15) is 5.54 Å². The SMILES string of the molecule is COC(=O)C(C)(N)CCCSc1ccccc1Br. The van der Waals surface area contributed by atoms with Crippen molar-refractivity contribution in [3.05, 3.63) is 28.7 Å². The molecule has 0 heterocycles. The molecule has 1 atom stereocenters. The van der Waals surface area contributed by atoms with E-state index in [1.54, 1.807) is 18.7 Å². The van der Waals surface area contributed by atoms with Crippen LogP contribution in [0.4, 0.5) is 0 Å². The number of carbonyl (C=O) groups excluding carboxylic acids is 1. The molecule has 0 aromatic heterocycles.